The van der Waals surface area contributed by atoms with Crippen LogP contribution in [0.15, 0.2) is 97.1 Å². The highest BCUT2D eigenvalue weighted by Crippen LogP contribution is 2.37. The molecule has 9 nitrogen and oxygen atoms in total. The Labute approximate surface area is 257 Å². The lowest BCUT2D eigenvalue weighted by Crippen LogP contribution is -2.52. The minimum atomic E-state index is -1.05. The molecule has 9 heteroatoms. The van der Waals surface area contributed by atoms with E-state index < -0.39 is 18.3 Å². The molecule has 3 unspecified atom stereocenters. The van der Waals surface area contributed by atoms with Gasteiger partial charge < -0.3 is 34.7 Å². The van der Waals surface area contributed by atoms with Crippen LogP contribution in [-0.2, 0) is 27.4 Å². The number of hydrogen-bond acceptors (Lipinski definition) is 6. The zero-order valence-corrected chi connectivity index (χ0v) is 24.5. The number of fused-ring (bicyclic) bond motifs is 1. The number of rotatable bonds is 13. The Hall–Kier alpha value is -4.60. The van der Waals surface area contributed by atoms with Crippen molar-refractivity contribution in [3.63, 3.8) is 0 Å². The second-order valence-electron chi connectivity index (χ2n) is 10.9. The molecule has 1 aliphatic heterocycles. The number of carboxylic acid groups (broad SMARTS) is 1. The quantitative estimate of drug-likeness (QED) is 0.176. The second-order valence-corrected chi connectivity index (χ2v) is 10.9. The zero-order chi connectivity index (χ0) is 30.7. The highest BCUT2D eigenvalue weighted by Gasteiger charge is 2.41. The largest absolute Gasteiger partial charge is 0.494 e. The summed E-state index contributed by atoms with van der Waals surface area (Å²) < 4.78 is 23.3. The molecule has 4 aromatic carbocycles. The van der Waals surface area contributed by atoms with E-state index in [0.29, 0.717) is 26.4 Å². The van der Waals surface area contributed by atoms with Gasteiger partial charge in [0.1, 0.15) is 5.75 Å². The molecule has 0 aliphatic carbocycles. The predicted octanol–water partition coefficient (Wildman–Crippen LogP) is 6.20. The van der Waals surface area contributed by atoms with Crippen molar-refractivity contribution in [3.8, 4) is 5.75 Å². The number of likely N-dealkylation sites (tertiary alicyclic amines) is 1. The van der Waals surface area contributed by atoms with Gasteiger partial charge in [0, 0.05) is 24.8 Å². The maximum Gasteiger partial charge on any atom is 0.407 e. The van der Waals surface area contributed by atoms with Crippen LogP contribution in [0.3, 0.4) is 0 Å². The van der Waals surface area contributed by atoms with Crippen LogP contribution in [-0.4, -0.2) is 61.2 Å². The van der Waals surface area contributed by atoms with E-state index >= 15 is 0 Å². The van der Waals surface area contributed by atoms with Crippen molar-refractivity contribution < 1.29 is 33.6 Å². The number of nitrogens with zero attached hydrogens (tertiary/aromatic N) is 1. The number of hydrogen-bond donors (Lipinski definition) is 2. The molecule has 0 spiro atoms. The molecule has 4 aromatic rings. The van der Waals surface area contributed by atoms with Crippen LogP contribution in [0.25, 0.3) is 10.8 Å². The van der Waals surface area contributed by atoms with Crippen LogP contribution in [0.4, 0.5) is 9.59 Å². The maximum absolute atomic E-state index is 12.0. The summed E-state index contributed by atoms with van der Waals surface area (Å²) in [5.41, 5.74) is 8.34. The number of primary amides is 1. The lowest BCUT2D eigenvalue weighted by molar-refractivity contribution is -0.0491. The van der Waals surface area contributed by atoms with Gasteiger partial charge >= 0.3 is 12.2 Å². The van der Waals surface area contributed by atoms with E-state index in [1.165, 1.54) is 4.90 Å². The highest BCUT2D eigenvalue weighted by atomic mass is 16.5. The molecule has 2 amide bonds. The maximum atomic E-state index is 12.0. The van der Waals surface area contributed by atoms with Gasteiger partial charge in [-0.3, -0.25) is 0 Å². The van der Waals surface area contributed by atoms with Crippen LogP contribution in [0.2, 0.25) is 0 Å². The lowest BCUT2D eigenvalue weighted by Gasteiger charge is -2.42. The number of carbonyl (C=O) groups excluding carboxylic acids is 1. The van der Waals surface area contributed by atoms with E-state index in [4.69, 9.17) is 24.7 Å². The molecular weight excluding hydrogens is 560 g/mol. The molecule has 1 heterocycles. The Balaban J connectivity index is 1.25. The molecule has 0 saturated carbocycles. The van der Waals surface area contributed by atoms with Gasteiger partial charge in [0.25, 0.3) is 0 Å². The fourth-order valence-corrected chi connectivity index (χ4v) is 5.68. The Kier molecular flexibility index (Phi) is 10.7. The van der Waals surface area contributed by atoms with E-state index in [1.807, 2.05) is 84.9 Å². The molecule has 0 bridgehead atoms. The fourth-order valence-electron chi connectivity index (χ4n) is 5.68. The molecule has 3 atom stereocenters. The molecule has 3 N–H and O–H groups in total. The van der Waals surface area contributed by atoms with E-state index in [9.17, 15) is 14.7 Å². The van der Waals surface area contributed by atoms with Crippen molar-refractivity contribution in [2.45, 2.75) is 31.7 Å². The topological polar surface area (TPSA) is 121 Å². The van der Waals surface area contributed by atoms with Gasteiger partial charge in [0.15, 0.2) is 0 Å². The average molecular weight is 599 g/mol. The summed E-state index contributed by atoms with van der Waals surface area (Å²) in [5, 5.41) is 12.1. The third kappa shape index (κ3) is 8.49. The van der Waals surface area contributed by atoms with Gasteiger partial charge in [0.2, 0.25) is 0 Å². The first-order chi connectivity index (χ1) is 21.5. The van der Waals surface area contributed by atoms with Crippen molar-refractivity contribution in [1.82, 2.24) is 4.90 Å². The number of piperidine rings is 1. The standard InChI is InChI=1S/C35H38N2O7/c36-34(38)44-24-30-20-37(35(39)40)21-32(43-23-26-11-12-27-9-4-5-10-29(27)19-26)33(30)28-13-15-31(16-14-28)42-18-6-17-41-22-25-7-2-1-3-8-25/h1-5,7-16,19,30,32-33H,6,17-18,20-24H2,(H2,36,38)(H,39,40). The second kappa shape index (κ2) is 15.2. The normalized spacial score (nSPS) is 18.2. The van der Waals surface area contributed by atoms with Gasteiger partial charge in [-0.2, -0.15) is 0 Å². The minimum absolute atomic E-state index is 0.0269. The molecule has 1 aliphatic rings. The lowest BCUT2D eigenvalue weighted by atomic mass is 9.78. The summed E-state index contributed by atoms with van der Waals surface area (Å²) in [6.07, 6.45) is -1.69. The number of ether oxygens (including phenoxy) is 4. The highest BCUT2D eigenvalue weighted by molar-refractivity contribution is 5.82. The van der Waals surface area contributed by atoms with Crippen molar-refractivity contribution in [2.75, 3.05) is 32.9 Å². The summed E-state index contributed by atoms with van der Waals surface area (Å²) >= 11 is 0. The fraction of sp³-hybridized carbons (Fsp3) is 0.314. The minimum Gasteiger partial charge on any atom is -0.494 e. The third-order valence-electron chi connectivity index (χ3n) is 7.83. The molecule has 0 radical (unpaired) electrons. The van der Waals surface area contributed by atoms with Crippen molar-refractivity contribution in [1.29, 1.82) is 0 Å². The average Bonchev–Trinajstić information content (AvgIpc) is 3.04. The Morgan fingerprint density at radius 1 is 0.818 bits per heavy atom. The van der Waals surface area contributed by atoms with Crippen LogP contribution in [0, 0.1) is 5.92 Å². The summed E-state index contributed by atoms with van der Waals surface area (Å²) in [4.78, 5) is 24.9. The van der Waals surface area contributed by atoms with Crippen molar-refractivity contribution >= 4 is 23.0 Å². The smallest absolute Gasteiger partial charge is 0.407 e. The van der Waals surface area contributed by atoms with Crippen LogP contribution in [0.1, 0.15) is 29.0 Å². The molecule has 1 fully saturated rings. The Bertz CT molecular complexity index is 1510. The van der Waals surface area contributed by atoms with Crippen LogP contribution in [0.5, 0.6) is 5.75 Å². The summed E-state index contributed by atoms with van der Waals surface area (Å²) in [6, 6.07) is 32.0. The first-order valence-electron chi connectivity index (χ1n) is 14.8. The van der Waals surface area contributed by atoms with Gasteiger partial charge in [-0.05, 0) is 45.7 Å². The van der Waals surface area contributed by atoms with E-state index in [1.54, 1.807) is 0 Å². The molecule has 44 heavy (non-hydrogen) atoms. The number of benzene rings is 4. The third-order valence-corrected chi connectivity index (χ3v) is 7.83. The van der Waals surface area contributed by atoms with E-state index in [0.717, 1.165) is 39.6 Å². The zero-order valence-electron chi connectivity index (χ0n) is 24.5. The Morgan fingerprint density at radius 2 is 1.57 bits per heavy atom. The summed E-state index contributed by atoms with van der Waals surface area (Å²) in [5.74, 6) is 0.117. The van der Waals surface area contributed by atoms with Crippen molar-refractivity contribution in [3.05, 3.63) is 114 Å². The number of carbonyl (C=O) groups is 2. The van der Waals surface area contributed by atoms with E-state index in [2.05, 4.69) is 12.1 Å². The molecule has 5 rings (SSSR count). The summed E-state index contributed by atoms with van der Waals surface area (Å²) in [7, 11) is 0. The van der Waals surface area contributed by atoms with Gasteiger partial charge in [0.05, 0.1) is 45.7 Å². The van der Waals surface area contributed by atoms with Gasteiger partial charge in [-0.25, -0.2) is 9.59 Å². The first kappa shape index (κ1) is 30.8. The summed E-state index contributed by atoms with van der Waals surface area (Å²) in [6.45, 7) is 2.31. The van der Waals surface area contributed by atoms with Gasteiger partial charge in [-0.1, -0.05) is 78.9 Å². The van der Waals surface area contributed by atoms with Crippen molar-refractivity contribution in [2.24, 2.45) is 11.7 Å². The number of nitrogens with two attached hydrogens (primary N) is 1. The molecule has 1 saturated heterocycles. The SMILES string of the molecule is NC(=O)OCC1CN(C(=O)O)CC(OCc2ccc3ccccc3c2)C1c1ccc(OCCCOCc2ccccc2)cc1. The molecule has 230 valence electrons. The monoisotopic (exact) mass is 598 g/mol. The Morgan fingerprint density at radius 3 is 2.32 bits per heavy atom. The van der Waals surface area contributed by atoms with Crippen LogP contribution >= 0.6 is 0 Å². The molecular formula is C35H38N2O7. The molecule has 0 aromatic heterocycles. The van der Waals surface area contributed by atoms with E-state index in [-0.39, 0.29) is 31.5 Å². The van der Waals surface area contributed by atoms with Crippen LogP contribution < -0.4 is 10.5 Å². The number of amides is 2. The van der Waals surface area contributed by atoms with Gasteiger partial charge in [-0.15, -0.1) is 0 Å². The predicted molar refractivity (Wildman–Crippen MR) is 167 cm³/mol. The first-order valence-corrected chi connectivity index (χ1v) is 14.8.